The van der Waals surface area contributed by atoms with Crippen molar-refractivity contribution in [3.05, 3.63) is 33.6 Å². The fraction of sp³-hybridized carbons (Fsp3) is 0.400. The number of nitrogens with one attached hydrogen (secondary N) is 2. The zero-order valence-corrected chi connectivity index (χ0v) is 15.7. The van der Waals surface area contributed by atoms with Crippen molar-refractivity contribution < 1.29 is 14.1 Å². The molecule has 1 aromatic carbocycles. The lowest BCUT2D eigenvalue weighted by Crippen LogP contribution is -3.09. The fourth-order valence-electron chi connectivity index (χ4n) is 2.07. The van der Waals surface area contributed by atoms with Crippen LogP contribution < -0.4 is 10.2 Å². The molecular formula is C15H20BrN4O2S+. The molecular weight excluding hydrogens is 380 g/mol. The highest BCUT2D eigenvalue weighted by molar-refractivity contribution is 9.10. The number of likely N-dealkylation sites (N-methyl/N-ethyl adjacent to an activating group) is 1. The number of carbonyl (C=O) groups excluding carboxylic acids is 1. The summed E-state index contributed by atoms with van der Waals surface area (Å²) < 4.78 is 8.14. The summed E-state index contributed by atoms with van der Waals surface area (Å²) in [5, 5.41) is 7.26. The van der Waals surface area contributed by atoms with Gasteiger partial charge < -0.3 is 14.6 Å². The third-order valence-corrected chi connectivity index (χ3v) is 3.85. The van der Waals surface area contributed by atoms with Crippen LogP contribution in [0.3, 0.4) is 0 Å². The molecule has 1 amide bonds. The minimum absolute atomic E-state index is 0.000598. The van der Waals surface area contributed by atoms with Gasteiger partial charge >= 0.3 is 0 Å². The number of rotatable bonds is 6. The molecule has 0 aliphatic rings. The van der Waals surface area contributed by atoms with Gasteiger partial charge in [0.15, 0.2) is 13.2 Å². The third-order valence-electron chi connectivity index (χ3n) is 3.03. The zero-order chi connectivity index (χ0) is 17.0. The first-order valence-corrected chi connectivity index (χ1v) is 8.50. The molecule has 6 nitrogen and oxygen atoms in total. The Morgan fingerprint density at radius 1 is 1.43 bits per heavy atom. The molecule has 1 unspecified atom stereocenters. The topological polar surface area (TPSA) is 64.5 Å². The largest absolute Gasteiger partial charge is 0.409 e. The molecule has 1 atom stereocenters. The lowest BCUT2D eigenvalue weighted by Gasteiger charge is -2.14. The van der Waals surface area contributed by atoms with Crippen LogP contribution >= 0.6 is 28.1 Å². The standard InChI is InChI=1S/C15H19BrN4O2S/c1-10(2)17-13(21)8-19(3)9-20-15(23)22-14(18-20)11-4-6-12(16)7-5-11/h4-7,10H,8-9H2,1-3H3,(H,17,21)/p+1. The number of quaternary nitrogens is 1. The highest BCUT2D eigenvalue weighted by Crippen LogP contribution is 2.20. The second-order valence-electron chi connectivity index (χ2n) is 5.69. The van der Waals surface area contributed by atoms with Crippen LogP contribution in [-0.4, -0.2) is 35.3 Å². The van der Waals surface area contributed by atoms with E-state index < -0.39 is 0 Å². The molecule has 2 N–H and O–H groups in total. The van der Waals surface area contributed by atoms with Crippen molar-refractivity contribution in [1.82, 2.24) is 15.1 Å². The molecule has 0 spiro atoms. The highest BCUT2D eigenvalue weighted by atomic mass is 79.9. The van der Waals surface area contributed by atoms with Crippen LogP contribution in [0.5, 0.6) is 0 Å². The summed E-state index contributed by atoms with van der Waals surface area (Å²) >= 11 is 8.60. The molecule has 0 aliphatic carbocycles. The SMILES string of the molecule is CC(C)NC(=O)C[NH+](C)Cn1nc(-c2ccc(Br)cc2)oc1=S. The van der Waals surface area contributed by atoms with Crippen LogP contribution in [0.4, 0.5) is 0 Å². The monoisotopic (exact) mass is 399 g/mol. The van der Waals surface area contributed by atoms with Gasteiger partial charge in [-0.1, -0.05) is 15.9 Å². The number of hydrogen-bond acceptors (Lipinski definition) is 4. The molecule has 2 rings (SSSR count). The van der Waals surface area contributed by atoms with Crippen molar-refractivity contribution in [1.29, 1.82) is 0 Å². The molecule has 0 saturated heterocycles. The number of amides is 1. The van der Waals surface area contributed by atoms with E-state index in [9.17, 15) is 4.79 Å². The van der Waals surface area contributed by atoms with Gasteiger partial charge in [-0.05, 0) is 50.3 Å². The van der Waals surface area contributed by atoms with E-state index in [0.29, 0.717) is 23.9 Å². The van der Waals surface area contributed by atoms with Gasteiger partial charge in [0.1, 0.15) is 0 Å². The molecule has 0 radical (unpaired) electrons. The number of nitrogens with zero attached hydrogens (tertiary/aromatic N) is 2. The molecule has 1 heterocycles. The van der Waals surface area contributed by atoms with Gasteiger partial charge in [0.2, 0.25) is 5.89 Å². The summed E-state index contributed by atoms with van der Waals surface area (Å²) in [7, 11) is 1.91. The van der Waals surface area contributed by atoms with Gasteiger partial charge in [-0.15, -0.1) is 5.10 Å². The summed E-state index contributed by atoms with van der Waals surface area (Å²) in [6, 6.07) is 7.78. The molecule has 0 aliphatic heterocycles. The lowest BCUT2D eigenvalue weighted by atomic mass is 10.2. The first-order chi connectivity index (χ1) is 10.8. The van der Waals surface area contributed by atoms with E-state index in [1.54, 1.807) is 4.68 Å². The predicted molar refractivity (Wildman–Crippen MR) is 93.5 cm³/mol. The molecule has 0 bridgehead atoms. The summed E-state index contributed by atoms with van der Waals surface area (Å²) in [5.41, 5.74) is 0.855. The Kier molecular flexibility index (Phi) is 6.09. The maximum Gasteiger partial charge on any atom is 0.292 e. The van der Waals surface area contributed by atoms with Crippen molar-refractivity contribution in [3.8, 4) is 11.5 Å². The quantitative estimate of drug-likeness (QED) is 0.724. The van der Waals surface area contributed by atoms with Gasteiger partial charge in [-0.3, -0.25) is 4.79 Å². The normalized spacial score (nSPS) is 12.4. The van der Waals surface area contributed by atoms with Gasteiger partial charge in [-0.2, -0.15) is 4.68 Å². The fourth-order valence-corrected chi connectivity index (χ4v) is 2.52. The second-order valence-corrected chi connectivity index (χ2v) is 6.96. The Morgan fingerprint density at radius 3 is 2.70 bits per heavy atom. The van der Waals surface area contributed by atoms with E-state index in [2.05, 4.69) is 26.3 Å². The van der Waals surface area contributed by atoms with E-state index in [-0.39, 0.29) is 11.9 Å². The maximum atomic E-state index is 11.8. The van der Waals surface area contributed by atoms with Gasteiger partial charge in [0.25, 0.3) is 10.7 Å². The van der Waals surface area contributed by atoms with Gasteiger partial charge in [0.05, 0.1) is 7.05 Å². The molecule has 1 aromatic heterocycles. The number of hydrogen-bond donors (Lipinski definition) is 2. The lowest BCUT2D eigenvalue weighted by molar-refractivity contribution is -0.895. The van der Waals surface area contributed by atoms with Crippen molar-refractivity contribution in [2.24, 2.45) is 0 Å². The Hall–Kier alpha value is -1.51. The van der Waals surface area contributed by atoms with Crippen LogP contribution in [0.25, 0.3) is 11.5 Å². The first kappa shape index (κ1) is 17.8. The highest BCUT2D eigenvalue weighted by Gasteiger charge is 2.14. The first-order valence-electron chi connectivity index (χ1n) is 7.29. The Bertz CT molecular complexity index is 724. The molecule has 0 fully saturated rings. The number of halogens is 1. The van der Waals surface area contributed by atoms with Gasteiger partial charge in [-0.25, -0.2) is 0 Å². The Balaban J connectivity index is 2.05. The predicted octanol–water partition coefficient (Wildman–Crippen LogP) is 1.63. The Labute approximate surface area is 148 Å². The smallest absolute Gasteiger partial charge is 0.292 e. The number of benzene rings is 1. The summed E-state index contributed by atoms with van der Waals surface area (Å²) in [4.78, 5) is 13.0. The number of aromatic nitrogens is 2. The summed E-state index contributed by atoms with van der Waals surface area (Å²) in [5.74, 6) is 0.475. The van der Waals surface area contributed by atoms with Crippen molar-refractivity contribution >= 4 is 34.1 Å². The molecule has 0 saturated carbocycles. The zero-order valence-electron chi connectivity index (χ0n) is 13.3. The van der Waals surface area contributed by atoms with Crippen molar-refractivity contribution in [2.45, 2.75) is 26.6 Å². The average molecular weight is 400 g/mol. The van der Waals surface area contributed by atoms with E-state index in [0.717, 1.165) is 14.9 Å². The molecule has 124 valence electrons. The van der Waals surface area contributed by atoms with E-state index in [1.165, 1.54) is 0 Å². The maximum absolute atomic E-state index is 11.8. The van der Waals surface area contributed by atoms with E-state index in [1.807, 2.05) is 45.2 Å². The summed E-state index contributed by atoms with van der Waals surface area (Å²) in [6.07, 6.45) is 0. The molecule has 8 heteroatoms. The van der Waals surface area contributed by atoms with E-state index in [4.69, 9.17) is 16.6 Å². The van der Waals surface area contributed by atoms with Gasteiger partial charge in [0, 0.05) is 16.1 Å². The van der Waals surface area contributed by atoms with Crippen LogP contribution in [0.15, 0.2) is 33.2 Å². The van der Waals surface area contributed by atoms with Crippen molar-refractivity contribution in [3.63, 3.8) is 0 Å². The third kappa shape index (κ3) is 5.26. The van der Waals surface area contributed by atoms with Crippen LogP contribution in [-0.2, 0) is 11.5 Å². The van der Waals surface area contributed by atoms with E-state index >= 15 is 0 Å². The molecule has 2 aromatic rings. The Morgan fingerprint density at radius 2 is 2.09 bits per heavy atom. The van der Waals surface area contributed by atoms with Crippen LogP contribution in [0, 0.1) is 4.84 Å². The average Bonchev–Trinajstić information content (AvgIpc) is 2.79. The summed E-state index contributed by atoms with van der Waals surface area (Å²) in [6.45, 7) is 4.68. The van der Waals surface area contributed by atoms with Crippen molar-refractivity contribution in [2.75, 3.05) is 13.6 Å². The minimum atomic E-state index is 0.000598. The number of carbonyl (C=O) groups is 1. The minimum Gasteiger partial charge on any atom is -0.409 e. The second kappa shape index (κ2) is 7.85. The van der Waals surface area contributed by atoms with Crippen LogP contribution in [0.2, 0.25) is 0 Å². The molecule has 23 heavy (non-hydrogen) atoms. The van der Waals surface area contributed by atoms with Crippen LogP contribution in [0.1, 0.15) is 13.8 Å².